The number of carbonyl (C=O) groups excluding carboxylic acids is 1. The molecule has 0 fully saturated rings. The molecule has 0 aliphatic heterocycles. The number of nitrogens with zero attached hydrogens (tertiary/aromatic N) is 3. The first-order valence-corrected chi connectivity index (χ1v) is 7.27. The molecule has 5 nitrogen and oxygen atoms in total. The minimum absolute atomic E-state index is 0.247. The first-order chi connectivity index (χ1) is 10.2. The lowest BCUT2D eigenvalue weighted by atomic mass is 9.98. The van der Waals surface area contributed by atoms with Crippen molar-refractivity contribution in [2.45, 2.75) is 39.7 Å². The van der Waals surface area contributed by atoms with E-state index in [1.165, 1.54) is 0 Å². The molecule has 1 aromatic heterocycles. The molecule has 0 bridgehead atoms. The molecular formula is C16H21N3O2. The number of hydrogen-bond acceptors (Lipinski definition) is 4. The molecule has 5 heteroatoms. The van der Waals surface area contributed by atoms with Crippen LogP contribution in [0.5, 0.6) is 0 Å². The third kappa shape index (κ3) is 3.48. The van der Waals surface area contributed by atoms with Crippen LogP contribution in [0, 0.1) is 6.92 Å². The molecule has 2 rings (SSSR count). The fourth-order valence-corrected chi connectivity index (χ4v) is 2.42. The van der Waals surface area contributed by atoms with Gasteiger partial charge in [-0.15, -0.1) is 10.2 Å². The van der Waals surface area contributed by atoms with Gasteiger partial charge in [0, 0.05) is 6.54 Å². The molecule has 0 N–H and O–H groups in total. The van der Waals surface area contributed by atoms with Crippen LogP contribution in [-0.4, -0.2) is 27.3 Å². The molecule has 21 heavy (non-hydrogen) atoms. The average molecular weight is 287 g/mol. The molecule has 0 amide bonds. The molecule has 0 saturated carbocycles. The smallest absolute Gasteiger partial charge is 0.317 e. The molecule has 112 valence electrons. The third-order valence-electron chi connectivity index (χ3n) is 3.45. The largest absolute Gasteiger partial charge is 0.465 e. The first-order valence-electron chi connectivity index (χ1n) is 7.27. The maximum absolute atomic E-state index is 12.3. The van der Waals surface area contributed by atoms with Crippen LogP contribution in [0.25, 0.3) is 0 Å². The van der Waals surface area contributed by atoms with Crippen LogP contribution >= 0.6 is 0 Å². The van der Waals surface area contributed by atoms with Crippen molar-refractivity contribution in [2.24, 2.45) is 0 Å². The summed E-state index contributed by atoms with van der Waals surface area (Å²) in [6, 6.07) is 9.90. The highest BCUT2D eigenvalue weighted by atomic mass is 16.5. The van der Waals surface area contributed by atoms with E-state index in [-0.39, 0.29) is 5.97 Å². The Morgan fingerprint density at radius 2 is 1.95 bits per heavy atom. The van der Waals surface area contributed by atoms with Crippen molar-refractivity contribution < 1.29 is 9.53 Å². The number of carbonyl (C=O) groups is 1. The van der Waals surface area contributed by atoms with Crippen LogP contribution < -0.4 is 0 Å². The molecular weight excluding hydrogens is 266 g/mol. The molecule has 0 saturated heterocycles. The lowest BCUT2D eigenvalue weighted by Gasteiger charge is -2.16. The number of aryl methyl sites for hydroxylation is 1. The maximum Gasteiger partial charge on any atom is 0.317 e. The fraction of sp³-hybridized carbons (Fsp3) is 0.438. The Kier molecular flexibility index (Phi) is 5.09. The highest BCUT2D eigenvalue weighted by molar-refractivity contribution is 5.77. The second kappa shape index (κ2) is 7.02. The van der Waals surface area contributed by atoms with Gasteiger partial charge in [0.1, 0.15) is 17.6 Å². The first kappa shape index (κ1) is 15.2. The number of benzene rings is 1. The van der Waals surface area contributed by atoms with Crippen LogP contribution in [-0.2, 0) is 22.5 Å². The van der Waals surface area contributed by atoms with E-state index < -0.39 is 5.92 Å². The van der Waals surface area contributed by atoms with Gasteiger partial charge in [0.25, 0.3) is 0 Å². The molecule has 1 heterocycles. The Bertz CT molecular complexity index is 593. The zero-order chi connectivity index (χ0) is 15.2. The van der Waals surface area contributed by atoms with Crippen LogP contribution in [0.4, 0.5) is 0 Å². The predicted molar refractivity (Wildman–Crippen MR) is 80.0 cm³/mol. The second-order valence-electron chi connectivity index (χ2n) is 4.84. The summed E-state index contributed by atoms with van der Waals surface area (Å²) >= 11 is 0. The normalized spacial score (nSPS) is 12.1. The van der Waals surface area contributed by atoms with Gasteiger partial charge in [-0.25, -0.2) is 0 Å². The van der Waals surface area contributed by atoms with Gasteiger partial charge in [0.2, 0.25) is 0 Å². The van der Waals surface area contributed by atoms with Gasteiger partial charge in [0.15, 0.2) is 0 Å². The molecule has 0 aliphatic carbocycles. The van der Waals surface area contributed by atoms with Gasteiger partial charge in [-0.05, 0) is 32.8 Å². The lowest BCUT2D eigenvalue weighted by molar-refractivity contribution is -0.145. The van der Waals surface area contributed by atoms with Gasteiger partial charge < -0.3 is 9.30 Å². The standard InChI is InChI=1S/C16H21N3O2/c1-4-19-12(3)17-18-15(19)14(16(20)21-5-2)11-13-9-7-6-8-10-13/h6-10,14H,4-5,11H2,1-3H3. The number of rotatable bonds is 6. The Morgan fingerprint density at radius 1 is 1.24 bits per heavy atom. The summed E-state index contributed by atoms with van der Waals surface area (Å²) in [6.45, 7) is 6.82. The van der Waals surface area contributed by atoms with E-state index in [4.69, 9.17) is 4.74 Å². The molecule has 1 aromatic carbocycles. The van der Waals surface area contributed by atoms with E-state index in [0.29, 0.717) is 18.9 Å². The van der Waals surface area contributed by atoms with E-state index >= 15 is 0 Å². The quantitative estimate of drug-likeness (QED) is 0.766. The van der Waals surface area contributed by atoms with Gasteiger partial charge in [-0.3, -0.25) is 4.79 Å². The fourth-order valence-electron chi connectivity index (χ4n) is 2.42. The molecule has 0 aliphatic rings. The van der Waals surface area contributed by atoms with Gasteiger partial charge in [-0.1, -0.05) is 30.3 Å². The zero-order valence-corrected chi connectivity index (χ0v) is 12.7. The van der Waals surface area contributed by atoms with Crippen molar-refractivity contribution in [3.05, 3.63) is 47.5 Å². The lowest BCUT2D eigenvalue weighted by Crippen LogP contribution is -2.22. The maximum atomic E-state index is 12.3. The van der Waals surface area contributed by atoms with Crippen molar-refractivity contribution in [2.75, 3.05) is 6.61 Å². The van der Waals surface area contributed by atoms with Gasteiger partial charge >= 0.3 is 5.97 Å². The van der Waals surface area contributed by atoms with E-state index in [0.717, 1.165) is 17.9 Å². The summed E-state index contributed by atoms with van der Waals surface area (Å²) < 4.78 is 7.18. The zero-order valence-electron chi connectivity index (χ0n) is 12.7. The summed E-state index contributed by atoms with van der Waals surface area (Å²) in [4.78, 5) is 12.3. The molecule has 2 aromatic rings. The van der Waals surface area contributed by atoms with Crippen molar-refractivity contribution in [1.82, 2.24) is 14.8 Å². The molecule has 0 spiro atoms. The highest BCUT2D eigenvalue weighted by Gasteiger charge is 2.28. The monoisotopic (exact) mass is 287 g/mol. The number of hydrogen-bond donors (Lipinski definition) is 0. The highest BCUT2D eigenvalue weighted by Crippen LogP contribution is 2.22. The Balaban J connectivity index is 2.34. The number of ether oxygens (including phenoxy) is 1. The van der Waals surface area contributed by atoms with Crippen molar-refractivity contribution in [3.8, 4) is 0 Å². The molecule has 0 radical (unpaired) electrons. The minimum Gasteiger partial charge on any atom is -0.465 e. The van der Waals surface area contributed by atoms with E-state index in [1.54, 1.807) is 0 Å². The number of esters is 1. The molecule has 1 atom stereocenters. The summed E-state index contributed by atoms with van der Waals surface area (Å²) in [7, 11) is 0. The predicted octanol–water partition coefficient (Wildman–Crippen LogP) is 2.50. The third-order valence-corrected chi connectivity index (χ3v) is 3.45. The van der Waals surface area contributed by atoms with Gasteiger partial charge in [0.05, 0.1) is 6.61 Å². The average Bonchev–Trinajstić information content (AvgIpc) is 2.86. The van der Waals surface area contributed by atoms with E-state index in [2.05, 4.69) is 10.2 Å². The number of aromatic nitrogens is 3. The molecule has 1 unspecified atom stereocenters. The summed E-state index contributed by atoms with van der Waals surface area (Å²) in [5.74, 6) is 0.823. The van der Waals surface area contributed by atoms with Crippen LogP contribution in [0.1, 0.15) is 37.0 Å². The van der Waals surface area contributed by atoms with Crippen molar-refractivity contribution >= 4 is 5.97 Å². The Morgan fingerprint density at radius 3 is 2.57 bits per heavy atom. The van der Waals surface area contributed by atoms with E-state index in [9.17, 15) is 4.79 Å². The van der Waals surface area contributed by atoms with Gasteiger partial charge in [-0.2, -0.15) is 0 Å². The van der Waals surface area contributed by atoms with Crippen molar-refractivity contribution in [1.29, 1.82) is 0 Å². The topological polar surface area (TPSA) is 57.0 Å². The summed E-state index contributed by atoms with van der Waals surface area (Å²) in [5, 5.41) is 8.30. The van der Waals surface area contributed by atoms with Crippen LogP contribution in [0.3, 0.4) is 0 Å². The van der Waals surface area contributed by atoms with Crippen LogP contribution in [0.2, 0.25) is 0 Å². The minimum atomic E-state index is -0.423. The summed E-state index contributed by atoms with van der Waals surface area (Å²) in [5.41, 5.74) is 1.08. The van der Waals surface area contributed by atoms with Crippen molar-refractivity contribution in [3.63, 3.8) is 0 Å². The Hall–Kier alpha value is -2.17. The van der Waals surface area contributed by atoms with Crippen LogP contribution in [0.15, 0.2) is 30.3 Å². The second-order valence-corrected chi connectivity index (χ2v) is 4.84. The van der Waals surface area contributed by atoms with E-state index in [1.807, 2.05) is 55.7 Å². The summed E-state index contributed by atoms with van der Waals surface area (Å²) in [6.07, 6.45) is 0.567. The Labute approximate surface area is 125 Å². The SMILES string of the molecule is CCOC(=O)C(Cc1ccccc1)c1nnc(C)n1CC.